The largest absolute Gasteiger partial charge is 0.335 e. The highest BCUT2D eigenvalue weighted by Gasteiger charge is 2.36. The second kappa shape index (κ2) is 7.03. The number of benzene rings is 1. The number of hydrogen-bond acceptors (Lipinski definition) is 7. The van der Waals surface area contributed by atoms with Gasteiger partial charge in [-0.25, -0.2) is 16.8 Å². The highest BCUT2D eigenvalue weighted by Crippen LogP contribution is 2.42. The summed E-state index contributed by atoms with van der Waals surface area (Å²) >= 11 is 1.24. The van der Waals surface area contributed by atoms with Gasteiger partial charge in [-0.2, -0.15) is 0 Å². The third-order valence-corrected chi connectivity index (χ3v) is 9.15. The van der Waals surface area contributed by atoms with Crippen LogP contribution < -0.4 is 4.90 Å². The number of thioether (sulfide) groups is 1. The quantitative estimate of drug-likeness (QED) is 0.691. The molecule has 0 aliphatic carbocycles. The van der Waals surface area contributed by atoms with Crippen molar-refractivity contribution in [2.75, 3.05) is 35.2 Å². The van der Waals surface area contributed by atoms with Gasteiger partial charge in [-0.15, -0.1) is 4.40 Å². The molecule has 4 rings (SSSR count). The molecule has 3 aliphatic rings. The summed E-state index contributed by atoms with van der Waals surface area (Å²) in [5.41, 5.74) is 1.33. The van der Waals surface area contributed by atoms with Gasteiger partial charge in [0.05, 0.1) is 22.9 Å². The van der Waals surface area contributed by atoms with Crippen molar-refractivity contribution in [3.63, 3.8) is 0 Å². The summed E-state index contributed by atoms with van der Waals surface area (Å²) in [4.78, 5) is 17.4. The van der Waals surface area contributed by atoms with Crippen LogP contribution in [0, 0.1) is 0 Å². The Morgan fingerprint density at radius 2 is 2.07 bits per heavy atom. The van der Waals surface area contributed by atoms with Crippen molar-refractivity contribution in [1.82, 2.24) is 4.90 Å². The Morgan fingerprint density at radius 1 is 1.29 bits per heavy atom. The molecular formula is C17H21N3O5S3. The Bertz CT molecular complexity index is 1070. The van der Waals surface area contributed by atoms with Gasteiger partial charge >= 0.3 is 0 Å². The number of sulfone groups is 1. The van der Waals surface area contributed by atoms with Gasteiger partial charge in [0.25, 0.3) is 15.9 Å². The minimum absolute atomic E-state index is 0.0148. The van der Waals surface area contributed by atoms with Crippen LogP contribution in [0.1, 0.15) is 30.1 Å². The van der Waals surface area contributed by atoms with E-state index >= 15 is 0 Å². The number of fused-ring (bicyclic) bond motifs is 3. The topological polar surface area (TPSA) is 104 Å². The van der Waals surface area contributed by atoms with Crippen molar-refractivity contribution in [2.24, 2.45) is 4.40 Å². The molecule has 0 N–H and O–H groups in total. The van der Waals surface area contributed by atoms with Crippen LogP contribution >= 0.6 is 11.8 Å². The molecule has 1 unspecified atom stereocenters. The molecule has 152 valence electrons. The van der Waals surface area contributed by atoms with E-state index in [-0.39, 0.29) is 29.2 Å². The minimum Gasteiger partial charge on any atom is -0.335 e. The lowest BCUT2D eigenvalue weighted by Gasteiger charge is -2.28. The van der Waals surface area contributed by atoms with Crippen LogP contribution in [0.25, 0.3) is 0 Å². The van der Waals surface area contributed by atoms with Gasteiger partial charge in [0.2, 0.25) is 0 Å². The van der Waals surface area contributed by atoms with Crippen LogP contribution in [0.2, 0.25) is 0 Å². The molecule has 1 amide bonds. The average Bonchev–Trinajstić information content (AvgIpc) is 3.16. The molecule has 0 radical (unpaired) electrons. The van der Waals surface area contributed by atoms with Crippen LogP contribution in [-0.2, 0) is 19.9 Å². The van der Waals surface area contributed by atoms with E-state index in [1.807, 2.05) is 17.9 Å². The SMILES string of the molecule is CCCN(C(=O)c1ccc2c(c1)SC1=NS(=O)(=O)CCN12)C1CCS(=O)(=O)C1. The molecule has 28 heavy (non-hydrogen) atoms. The van der Waals surface area contributed by atoms with Gasteiger partial charge in [-0.05, 0) is 42.8 Å². The van der Waals surface area contributed by atoms with Gasteiger partial charge in [0.15, 0.2) is 15.0 Å². The first-order valence-corrected chi connectivity index (χ1v) is 13.4. The maximum Gasteiger partial charge on any atom is 0.257 e. The Balaban J connectivity index is 1.61. The van der Waals surface area contributed by atoms with E-state index in [0.29, 0.717) is 30.2 Å². The van der Waals surface area contributed by atoms with E-state index in [4.69, 9.17) is 0 Å². The first-order chi connectivity index (χ1) is 13.2. The summed E-state index contributed by atoms with van der Waals surface area (Å²) in [6.45, 7) is 2.80. The zero-order chi connectivity index (χ0) is 20.1. The third kappa shape index (κ3) is 3.67. The Kier molecular flexibility index (Phi) is 4.95. The summed E-state index contributed by atoms with van der Waals surface area (Å²) < 4.78 is 51.0. The number of rotatable bonds is 4. The predicted octanol–water partition coefficient (Wildman–Crippen LogP) is 1.34. The summed E-state index contributed by atoms with van der Waals surface area (Å²) in [5, 5.41) is 0.415. The number of amides is 1. The molecule has 0 saturated carbocycles. The Labute approximate surface area is 169 Å². The van der Waals surface area contributed by atoms with Crippen molar-refractivity contribution >= 4 is 48.4 Å². The van der Waals surface area contributed by atoms with Crippen molar-refractivity contribution in [1.29, 1.82) is 0 Å². The fourth-order valence-corrected chi connectivity index (χ4v) is 7.77. The Morgan fingerprint density at radius 3 is 2.75 bits per heavy atom. The first kappa shape index (κ1) is 19.7. The molecule has 0 aromatic heterocycles. The summed E-state index contributed by atoms with van der Waals surface area (Å²) in [5.74, 6) is -0.0841. The van der Waals surface area contributed by atoms with Crippen LogP contribution in [0.4, 0.5) is 5.69 Å². The predicted molar refractivity (Wildman–Crippen MR) is 109 cm³/mol. The second-order valence-corrected chi connectivity index (χ2v) is 12.1. The van der Waals surface area contributed by atoms with Crippen molar-refractivity contribution < 1.29 is 21.6 Å². The molecule has 11 heteroatoms. The van der Waals surface area contributed by atoms with Gasteiger partial charge in [-0.1, -0.05) is 6.92 Å². The normalized spacial score (nSPS) is 24.4. The van der Waals surface area contributed by atoms with Crippen LogP contribution in [-0.4, -0.2) is 69.2 Å². The molecule has 1 atom stereocenters. The number of hydrogen-bond donors (Lipinski definition) is 0. The van der Waals surface area contributed by atoms with Crippen molar-refractivity contribution in [3.8, 4) is 0 Å². The van der Waals surface area contributed by atoms with Crippen LogP contribution in [0.5, 0.6) is 0 Å². The second-order valence-electron chi connectivity index (χ2n) is 7.15. The average molecular weight is 444 g/mol. The van der Waals surface area contributed by atoms with E-state index in [2.05, 4.69) is 4.40 Å². The van der Waals surface area contributed by atoms with Gasteiger partial charge < -0.3 is 9.80 Å². The molecule has 1 aromatic carbocycles. The van der Waals surface area contributed by atoms with Crippen molar-refractivity contribution in [3.05, 3.63) is 23.8 Å². The van der Waals surface area contributed by atoms with E-state index in [0.717, 1.165) is 17.0 Å². The summed E-state index contributed by atoms with van der Waals surface area (Å²) in [6, 6.07) is 4.99. The van der Waals surface area contributed by atoms with E-state index < -0.39 is 19.9 Å². The van der Waals surface area contributed by atoms with E-state index in [9.17, 15) is 21.6 Å². The number of carbonyl (C=O) groups is 1. The molecule has 0 bridgehead atoms. The molecule has 1 fully saturated rings. The Hall–Kier alpha value is -1.59. The number of amidine groups is 1. The maximum atomic E-state index is 13.1. The molecule has 0 spiro atoms. The van der Waals surface area contributed by atoms with Gasteiger partial charge in [-0.3, -0.25) is 4.79 Å². The van der Waals surface area contributed by atoms with E-state index in [1.165, 1.54) is 11.8 Å². The van der Waals surface area contributed by atoms with Crippen LogP contribution in [0.15, 0.2) is 27.5 Å². The standard InChI is InChI=1S/C17H21N3O5S3/c1-2-6-19(13-5-8-27(22,23)11-13)16(21)12-3-4-14-15(10-12)26-17-18-28(24,25)9-7-20(14)17/h3-4,10,13H,2,5-9,11H2,1H3. The molecular weight excluding hydrogens is 422 g/mol. The maximum absolute atomic E-state index is 13.1. The molecule has 3 aliphatic heterocycles. The highest BCUT2D eigenvalue weighted by atomic mass is 32.2. The lowest BCUT2D eigenvalue weighted by atomic mass is 10.1. The first-order valence-electron chi connectivity index (χ1n) is 9.12. The lowest BCUT2D eigenvalue weighted by molar-refractivity contribution is 0.0697. The molecule has 3 heterocycles. The molecule has 1 saturated heterocycles. The van der Waals surface area contributed by atoms with Gasteiger partial charge in [0.1, 0.15) is 0 Å². The summed E-state index contributed by atoms with van der Waals surface area (Å²) in [7, 11) is -6.52. The fraction of sp³-hybridized carbons (Fsp3) is 0.529. The smallest absolute Gasteiger partial charge is 0.257 e. The van der Waals surface area contributed by atoms with E-state index in [1.54, 1.807) is 17.0 Å². The van der Waals surface area contributed by atoms with Crippen molar-refractivity contribution in [2.45, 2.75) is 30.7 Å². The van der Waals surface area contributed by atoms with Crippen LogP contribution in [0.3, 0.4) is 0 Å². The number of sulfonamides is 1. The monoisotopic (exact) mass is 443 g/mol. The summed E-state index contributed by atoms with van der Waals surface area (Å²) in [6.07, 6.45) is 1.21. The highest BCUT2D eigenvalue weighted by molar-refractivity contribution is 8.15. The fourth-order valence-electron chi connectivity index (χ4n) is 3.74. The number of anilines is 1. The number of carbonyl (C=O) groups excluding carboxylic acids is 1. The zero-order valence-corrected chi connectivity index (χ0v) is 17.8. The third-order valence-electron chi connectivity index (χ3n) is 5.09. The lowest BCUT2D eigenvalue weighted by Crippen LogP contribution is -2.41. The number of nitrogens with zero attached hydrogens (tertiary/aromatic N) is 3. The molecule has 8 nitrogen and oxygen atoms in total. The van der Waals surface area contributed by atoms with Gasteiger partial charge in [0, 0.05) is 29.6 Å². The zero-order valence-electron chi connectivity index (χ0n) is 15.4. The molecule has 1 aromatic rings. The minimum atomic E-state index is -3.43.